The largest absolute Gasteiger partial charge is 0.508 e. The molecule has 3 aromatic rings. The molecule has 104 valence electrons. The van der Waals surface area contributed by atoms with Crippen molar-refractivity contribution in [2.75, 3.05) is 0 Å². The molecule has 0 saturated carbocycles. The zero-order valence-corrected chi connectivity index (χ0v) is 11.5. The summed E-state index contributed by atoms with van der Waals surface area (Å²) in [6, 6.07) is 14.4. The van der Waals surface area contributed by atoms with E-state index >= 15 is 0 Å². The lowest BCUT2D eigenvalue weighted by molar-refractivity contribution is 0.0996. The number of pyridine rings is 1. The first-order valence-electron chi connectivity index (χ1n) is 6.55. The Bertz CT molecular complexity index is 839. The lowest BCUT2D eigenvalue weighted by atomic mass is 9.99. The first kappa shape index (κ1) is 13.1. The van der Waals surface area contributed by atoms with Gasteiger partial charge in [0.2, 0.25) is 0 Å². The average Bonchev–Trinajstić information content (AvgIpc) is 2.46. The number of rotatable bonds is 2. The van der Waals surface area contributed by atoms with Crippen LogP contribution in [0.3, 0.4) is 0 Å². The van der Waals surface area contributed by atoms with E-state index in [2.05, 4.69) is 4.98 Å². The molecule has 0 unspecified atom stereocenters. The Morgan fingerprint density at radius 1 is 1.10 bits per heavy atom. The van der Waals surface area contributed by atoms with Gasteiger partial charge in [-0.3, -0.25) is 4.79 Å². The van der Waals surface area contributed by atoms with Gasteiger partial charge >= 0.3 is 0 Å². The van der Waals surface area contributed by atoms with Crippen molar-refractivity contribution in [3.63, 3.8) is 0 Å². The summed E-state index contributed by atoms with van der Waals surface area (Å²) in [5, 5.41) is 10.4. The van der Waals surface area contributed by atoms with Crippen LogP contribution in [0.2, 0.25) is 0 Å². The number of fused-ring (bicyclic) bond motifs is 1. The summed E-state index contributed by atoms with van der Waals surface area (Å²) in [5.41, 5.74) is 9.16. The fraction of sp³-hybridized carbons (Fsp3) is 0.0588. The van der Waals surface area contributed by atoms with Gasteiger partial charge in [-0.15, -0.1) is 0 Å². The van der Waals surface area contributed by atoms with Crippen LogP contribution in [0.25, 0.3) is 22.0 Å². The highest BCUT2D eigenvalue weighted by atomic mass is 16.3. The minimum Gasteiger partial charge on any atom is -0.508 e. The van der Waals surface area contributed by atoms with Gasteiger partial charge in [-0.2, -0.15) is 0 Å². The van der Waals surface area contributed by atoms with Gasteiger partial charge in [-0.1, -0.05) is 24.3 Å². The molecular weight excluding hydrogens is 264 g/mol. The molecule has 0 saturated heterocycles. The van der Waals surface area contributed by atoms with Crippen molar-refractivity contribution in [3.8, 4) is 16.9 Å². The summed E-state index contributed by atoms with van der Waals surface area (Å²) < 4.78 is 0. The maximum atomic E-state index is 11.5. The van der Waals surface area contributed by atoms with Crippen LogP contribution >= 0.6 is 0 Å². The molecule has 1 aromatic heterocycles. The summed E-state index contributed by atoms with van der Waals surface area (Å²) >= 11 is 0. The number of aromatic nitrogens is 1. The Morgan fingerprint density at radius 2 is 1.81 bits per heavy atom. The summed E-state index contributed by atoms with van der Waals surface area (Å²) in [7, 11) is 0. The lowest BCUT2D eigenvalue weighted by Gasteiger charge is -2.09. The highest BCUT2D eigenvalue weighted by Crippen LogP contribution is 2.30. The number of carbonyl (C=O) groups is 1. The van der Waals surface area contributed by atoms with Crippen molar-refractivity contribution in [1.82, 2.24) is 4.98 Å². The summed E-state index contributed by atoms with van der Waals surface area (Å²) in [6.07, 6.45) is 0. The van der Waals surface area contributed by atoms with Gasteiger partial charge in [-0.05, 0) is 47.9 Å². The Kier molecular flexibility index (Phi) is 3.06. The normalized spacial score (nSPS) is 10.7. The molecule has 4 nitrogen and oxygen atoms in total. The van der Waals surface area contributed by atoms with Gasteiger partial charge in [0.1, 0.15) is 11.4 Å². The average molecular weight is 278 g/mol. The molecule has 0 fully saturated rings. The zero-order chi connectivity index (χ0) is 15.0. The highest BCUT2D eigenvalue weighted by molar-refractivity contribution is 6.00. The smallest absolute Gasteiger partial charge is 0.267 e. The minimum absolute atomic E-state index is 0.197. The van der Waals surface area contributed by atoms with E-state index in [1.165, 1.54) is 0 Å². The van der Waals surface area contributed by atoms with Crippen LogP contribution in [0.5, 0.6) is 5.75 Å². The standard InChI is InChI=1S/C17H14N2O2/c1-10-2-7-13-14(11-3-5-12(20)6-4-11)9-16(17(18)21)19-15(13)8-10/h2-9,20H,1H3,(H2,18,21). The fourth-order valence-electron chi connectivity index (χ4n) is 2.34. The van der Waals surface area contributed by atoms with Gasteiger partial charge < -0.3 is 10.8 Å². The Morgan fingerprint density at radius 3 is 2.48 bits per heavy atom. The number of hydrogen-bond acceptors (Lipinski definition) is 3. The molecule has 0 radical (unpaired) electrons. The molecule has 0 bridgehead atoms. The van der Waals surface area contributed by atoms with Crippen LogP contribution in [0.1, 0.15) is 16.1 Å². The molecule has 21 heavy (non-hydrogen) atoms. The van der Waals surface area contributed by atoms with Crippen molar-refractivity contribution in [3.05, 3.63) is 59.8 Å². The molecular formula is C17H14N2O2. The number of aryl methyl sites for hydroxylation is 1. The van der Waals surface area contributed by atoms with Crippen molar-refractivity contribution >= 4 is 16.8 Å². The SMILES string of the molecule is Cc1ccc2c(-c3ccc(O)cc3)cc(C(N)=O)nc2c1. The Hall–Kier alpha value is -2.88. The molecule has 3 rings (SSSR count). The first-order valence-corrected chi connectivity index (χ1v) is 6.55. The molecule has 1 heterocycles. The zero-order valence-electron chi connectivity index (χ0n) is 11.5. The van der Waals surface area contributed by atoms with Crippen LogP contribution < -0.4 is 5.73 Å². The van der Waals surface area contributed by atoms with Crippen molar-refractivity contribution in [2.45, 2.75) is 6.92 Å². The van der Waals surface area contributed by atoms with E-state index in [1.54, 1.807) is 30.3 Å². The third-order valence-corrected chi connectivity index (χ3v) is 3.40. The molecule has 0 aliphatic heterocycles. The summed E-state index contributed by atoms with van der Waals surface area (Å²) in [4.78, 5) is 15.8. The lowest BCUT2D eigenvalue weighted by Crippen LogP contribution is -2.13. The number of benzene rings is 2. The number of primary amides is 1. The number of hydrogen-bond donors (Lipinski definition) is 2. The quantitative estimate of drug-likeness (QED) is 0.756. The highest BCUT2D eigenvalue weighted by Gasteiger charge is 2.11. The topological polar surface area (TPSA) is 76.2 Å². The van der Waals surface area contributed by atoms with E-state index in [0.717, 1.165) is 27.6 Å². The van der Waals surface area contributed by atoms with Crippen LogP contribution in [-0.2, 0) is 0 Å². The predicted molar refractivity (Wildman–Crippen MR) is 82.1 cm³/mol. The van der Waals surface area contributed by atoms with E-state index in [9.17, 15) is 9.90 Å². The number of phenols is 1. The van der Waals surface area contributed by atoms with E-state index < -0.39 is 5.91 Å². The second kappa shape index (κ2) is 4.90. The van der Waals surface area contributed by atoms with Crippen LogP contribution in [0.15, 0.2) is 48.5 Å². The molecule has 0 aliphatic rings. The monoisotopic (exact) mass is 278 g/mol. The maximum absolute atomic E-state index is 11.5. The van der Waals surface area contributed by atoms with Crippen molar-refractivity contribution in [1.29, 1.82) is 0 Å². The Balaban J connectivity index is 2.33. The van der Waals surface area contributed by atoms with Crippen molar-refractivity contribution in [2.24, 2.45) is 5.73 Å². The molecule has 2 aromatic carbocycles. The van der Waals surface area contributed by atoms with Gasteiger partial charge in [-0.25, -0.2) is 4.98 Å². The van der Waals surface area contributed by atoms with E-state index in [-0.39, 0.29) is 11.4 Å². The third kappa shape index (κ3) is 2.43. The van der Waals surface area contributed by atoms with Gasteiger partial charge in [0.05, 0.1) is 5.52 Å². The Labute approximate surface area is 121 Å². The summed E-state index contributed by atoms with van der Waals surface area (Å²) in [5.74, 6) is -0.360. The molecule has 4 heteroatoms. The number of nitrogens with two attached hydrogens (primary N) is 1. The molecule has 1 amide bonds. The number of nitrogens with zero attached hydrogens (tertiary/aromatic N) is 1. The molecule has 0 aliphatic carbocycles. The van der Waals surface area contributed by atoms with Crippen LogP contribution in [0, 0.1) is 6.92 Å². The van der Waals surface area contributed by atoms with Crippen LogP contribution in [0.4, 0.5) is 0 Å². The van der Waals surface area contributed by atoms with E-state index in [1.807, 2.05) is 25.1 Å². The van der Waals surface area contributed by atoms with E-state index in [4.69, 9.17) is 5.73 Å². The van der Waals surface area contributed by atoms with E-state index in [0.29, 0.717) is 0 Å². The number of amides is 1. The predicted octanol–water partition coefficient (Wildman–Crippen LogP) is 3.01. The fourth-order valence-corrected chi connectivity index (χ4v) is 2.34. The van der Waals surface area contributed by atoms with Gasteiger partial charge in [0.15, 0.2) is 0 Å². The molecule has 0 spiro atoms. The first-order chi connectivity index (χ1) is 10.0. The van der Waals surface area contributed by atoms with Crippen LogP contribution in [-0.4, -0.2) is 16.0 Å². The van der Waals surface area contributed by atoms with Gasteiger partial charge in [0.25, 0.3) is 5.91 Å². The number of aromatic hydroxyl groups is 1. The summed E-state index contributed by atoms with van der Waals surface area (Å²) in [6.45, 7) is 1.97. The molecule has 0 atom stereocenters. The number of phenolic OH excluding ortho intramolecular Hbond substituents is 1. The second-order valence-corrected chi connectivity index (χ2v) is 4.99. The maximum Gasteiger partial charge on any atom is 0.267 e. The minimum atomic E-state index is -0.557. The van der Waals surface area contributed by atoms with Crippen molar-refractivity contribution < 1.29 is 9.90 Å². The molecule has 3 N–H and O–H groups in total. The number of carbonyl (C=O) groups excluding carboxylic acids is 1. The second-order valence-electron chi connectivity index (χ2n) is 4.99. The van der Waals surface area contributed by atoms with Gasteiger partial charge in [0, 0.05) is 5.39 Å². The third-order valence-electron chi connectivity index (χ3n) is 3.40.